The fourth-order valence-corrected chi connectivity index (χ4v) is 1.15. The van der Waals surface area contributed by atoms with Crippen molar-refractivity contribution in [3.63, 3.8) is 0 Å². The number of carboxylic acid groups (broad SMARTS) is 1. The second-order valence-corrected chi connectivity index (χ2v) is 2.82. The van der Waals surface area contributed by atoms with Gasteiger partial charge in [0.15, 0.2) is 0 Å². The summed E-state index contributed by atoms with van der Waals surface area (Å²) in [5, 5.41) is 12.7. The third kappa shape index (κ3) is 2.61. The summed E-state index contributed by atoms with van der Waals surface area (Å²) in [5.41, 5.74) is 0. The van der Waals surface area contributed by atoms with Crippen LogP contribution in [0.3, 0.4) is 0 Å². The van der Waals surface area contributed by atoms with Gasteiger partial charge >= 0.3 is 6.09 Å². The smallest absolute Gasteiger partial charge is 0.404 e. The Hall–Kier alpha value is -0.910. The maximum atomic E-state index is 12.5. The lowest BCUT2D eigenvalue weighted by molar-refractivity contribution is 0.0211. The molecule has 4 nitrogen and oxygen atoms in total. The van der Waals surface area contributed by atoms with E-state index < -0.39 is 18.1 Å². The predicted octanol–water partition coefficient (Wildman–Crippen LogP) is 0.251. The zero-order chi connectivity index (χ0) is 9.19. The van der Waals surface area contributed by atoms with Crippen molar-refractivity contribution in [2.24, 2.45) is 0 Å². The molecule has 0 saturated carbocycles. The van der Waals surface area contributed by atoms with E-state index in [-0.39, 0.29) is 19.5 Å². The Balaban J connectivity index is 2.24. The molecule has 1 heterocycles. The van der Waals surface area contributed by atoms with Crippen molar-refractivity contribution in [2.75, 3.05) is 13.1 Å². The molecule has 0 spiro atoms. The minimum absolute atomic E-state index is 0.0327. The predicted molar refractivity (Wildman–Crippen MR) is 37.4 cm³/mol. The molecule has 1 amide bonds. The van der Waals surface area contributed by atoms with E-state index in [2.05, 4.69) is 5.32 Å². The van der Waals surface area contributed by atoms with E-state index in [1.54, 1.807) is 0 Å². The van der Waals surface area contributed by atoms with Gasteiger partial charge in [0, 0.05) is 19.0 Å². The quantitative estimate of drug-likeness (QED) is 0.571. The molecule has 1 aliphatic heterocycles. The van der Waals surface area contributed by atoms with Gasteiger partial charge in [-0.05, 0) is 0 Å². The SMILES string of the molecule is O=C(O)NC[C@@H]1CC(F)(F)CN1. The maximum absolute atomic E-state index is 12.5. The first-order chi connectivity index (χ1) is 5.49. The number of rotatable bonds is 2. The monoisotopic (exact) mass is 180 g/mol. The van der Waals surface area contributed by atoms with Crippen molar-refractivity contribution in [3.05, 3.63) is 0 Å². The van der Waals surface area contributed by atoms with Crippen LogP contribution in [0.15, 0.2) is 0 Å². The fourth-order valence-electron chi connectivity index (χ4n) is 1.15. The lowest BCUT2D eigenvalue weighted by atomic mass is 10.2. The molecule has 0 aromatic heterocycles. The molecule has 70 valence electrons. The molecule has 0 bridgehead atoms. The molecule has 0 unspecified atom stereocenters. The summed E-state index contributed by atoms with van der Waals surface area (Å²) in [4.78, 5) is 9.99. The standard InChI is InChI=1S/C6H10F2N2O2/c7-6(8)1-4(10-3-6)2-9-5(11)12/h4,9-10H,1-3H2,(H,11,12)/t4-/m0/s1. The van der Waals surface area contributed by atoms with E-state index in [4.69, 9.17) is 5.11 Å². The van der Waals surface area contributed by atoms with Crippen molar-refractivity contribution in [1.82, 2.24) is 10.6 Å². The van der Waals surface area contributed by atoms with Crippen LogP contribution in [0.5, 0.6) is 0 Å². The molecule has 1 atom stereocenters. The Bertz CT molecular complexity index is 186. The highest BCUT2D eigenvalue weighted by Crippen LogP contribution is 2.24. The number of amides is 1. The van der Waals surface area contributed by atoms with Gasteiger partial charge in [-0.3, -0.25) is 0 Å². The summed E-state index contributed by atoms with van der Waals surface area (Å²) >= 11 is 0. The Labute approximate surface area is 67.9 Å². The third-order valence-electron chi connectivity index (χ3n) is 1.69. The number of hydrogen-bond acceptors (Lipinski definition) is 2. The Morgan fingerprint density at radius 1 is 1.75 bits per heavy atom. The lowest BCUT2D eigenvalue weighted by Crippen LogP contribution is -2.36. The van der Waals surface area contributed by atoms with Crippen LogP contribution in [-0.4, -0.2) is 36.3 Å². The molecule has 1 aliphatic rings. The van der Waals surface area contributed by atoms with E-state index in [1.165, 1.54) is 0 Å². The maximum Gasteiger partial charge on any atom is 0.404 e. The number of nitrogens with one attached hydrogen (secondary N) is 2. The fraction of sp³-hybridized carbons (Fsp3) is 0.833. The summed E-state index contributed by atoms with van der Waals surface area (Å²) in [6.07, 6.45) is -1.49. The van der Waals surface area contributed by atoms with E-state index in [0.29, 0.717) is 0 Å². The van der Waals surface area contributed by atoms with Gasteiger partial charge in [0.25, 0.3) is 5.92 Å². The second-order valence-electron chi connectivity index (χ2n) is 2.82. The molecule has 3 N–H and O–H groups in total. The van der Waals surface area contributed by atoms with Crippen LogP contribution in [0.1, 0.15) is 6.42 Å². The topological polar surface area (TPSA) is 61.4 Å². The highest BCUT2D eigenvalue weighted by Gasteiger charge is 2.38. The molecular formula is C6H10F2N2O2. The van der Waals surface area contributed by atoms with Crippen molar-refractivity contribution in [3.8, 4) is 0 Å². The molecule has 1 saturated heterocycles. The normalized spacial score (nSPS) is 27.0. The van der Waals surface area contributed by atoms with E-state index in [1.807, 2.05) is 5.32 Å². The number of alkyl halides is 2. The van der Waals surface area contributed by atoms with Crippen molar-refractivity contribution in [1.29, 1.82) is 0 Å². The van der Waals surface area contributed by atoms with Gasteiger partial charge in [0.1, 0.15) is 0 Å². The number of carbonyl (C=O) groups is 1. The van der Waals surface area contributed by atoms with Crippen LogP contribution in [0.2, 0.25) is 0 Å². The average molecular weight is 180 g/mol. The van der Waals surface area contributed by atoms with Crippen LogP contribution in [-0.2, 0) is 0 Å². The van der Waals surface area contributed by atoms with Crippen LogP contribution >= 0.6 is 0 Å². The number of hydrogen-bond donors (Lipinski definition) is 3. The summed E-state index contributed by atoms with van der Waals surface area (Å²) in [7, 11) is 0. The van der Waals surface area contributed by atoms with Gasteiger partial charge in [-0.2, -0.15) is 0 Å². The molecule has 0 aromatic rings. The molecule has 12 heavy (non-hydrogen) atoms. The van der Waals surface area contributed by atoms with Crippen LogP contribution in [0.25, 0.3) is 0 Å². The molecule has 6 heteroatoms. The lowest BCUT2D eigenvalue weighted by Gasteiger charge is -2.08. The third-order valence-corrected chi connectivity index (χ3v) is 1.69. The minimum Gasteiger partial charge on any atom is -0.465 e. The summed E-state index contributed by atoms with van der Waals surface area (Å²) in [6, 6.07) is -0.448. The molecule has 0 radical (unpaired) electrons. The second kappa shape index (κ2) is 3.22. The van der Waals surface area contributed by atoms with Crippen LogP contribution < -0.4 is 10.6 Å². The summed E-state index contributed by atoms with van der Waals surface area (Å²) in [6.45, 7) is -0.329. The largest absolute Gasteiger partial charge is 0.465 e. The van der Waals surface area contributed by atoms with E-state index >= 15 is 0 Å². The highest BCUT2D eigenvalue weighted by molar-refractivity contribution is 5.64. The Morgan fingerprint density at radius 3 is 2.83 bits per heavy atom. The molecule has 0 aromatic carbocycles. The molecule has 1 rings (SSSR count). The van der Waals surface area contributed by atoms with Gasteiger partial charge in [-0.25, -0.2) is 13.6 Å². The Morgan fingerprint density at radius 2 is 2.42 bits per heavy atom. The Kier molecular flexibility index (Phi) is 2.46. The highest BCUT2D eigenvalue weighted by atomic mass is 19.3. The molecule has 1 fully saturated rings. The summed E-state index contributed by atoms with van der Waals surface area (Å²) in [5.74, 6) is -2.69. The van der Waals surface area contributed by atoms with E-state index in [9.17, 15) is 13.6 Å². The first kappa shape index (κ1) is 9.18. The van der Waals surface area contributed by atoms with Crippen LogP contribution in [0, 0.1) is 0 Å². The minimum atomic E-state index is -2.69. The molecule has 0 aliphatic carbocycles. The summed E-state index contributed by atoms with van der Waals surface area (Å²) < 4.78 is 25.0. The first-order valence-electron chi connectivity index (χ1n) is 3.58. The zero-order valence-electron chi connectivity index (χ0n) is 6.31. The average Bonchev–Trinajstić information content (AvgIpc) is 2.26. The van der Waals surface area contributed by atoms with Crippen LogP contribution in [0.4, 0.5) is 13.6 Å². The van der Waals surface area contributed by atoms with E-state index in [0.717, 1.165) is 0 Å². The zero-order valence-corrected chi connectivity index (χ0v) is 6.31. The van der Waals surface area contributed by atoms with Crippen molar-refractivity contribution < 1.29 is 18.7 Å². The van der Waals surface area contributed by atoms with Gasteiger partial charge in [0.05, 0.1) is 6.54 Å². The van der Waals surface area contributed by atoms with Gasteiger partial charge in [-0.1, -0.05) is 0 Å². The van der Waals surface area contributed by atoms with Crippen molar-refractivity contribution in [2.45, 2.75) is 18.4 Å². The van der Waals surface area contributed by atoms with Gasteiger partial charge < -0.3 is 15.7 Å². The van der Waals surface area contributed by atoms with Gasteiger partial charge in [-0.15, -0.1) is 0 Å². The molecular weight excluding hydrogens is 170 g/mol. The number of halogens is 2. The first-order valence-corrected chi connectivity index (χ1v) is 3.58. The van der Waals surface area contributed by atoms with Crippen molar-refractivity contribution >= 4 is 6.09 Å². The van der Waals surface area contributed by atoms with Gasteiger partial charge in [0.2, 0.25) is 0 Å².